The van der Waals surface area contributed by atoms with Crippen LogP contribution in [-0.2, 0) is 18.4 Å². The minimum Gasteiger partial charge on any atom is -0.475 e. The highest BCUT2D eigenvalue weighted by Gasteiger charge is 2.42. The summed E-state index contributed by atoms with van der Waals surface area (Å²) in [7, 11) is 1.93. The van der Waals surface area contributed by atoms with Crippen LogP contribution in [0.4, 0.5) is 13.2 Å². The molecule has 2 aliphatic heterocycles. The van der Waals surface area contributed by atoms with Gasteiger partial charge in [-0.1, -0.05) is 6.07 Å². The molecule has 10 heteroatoms. The molecule has 7 nitrogen and oxygen atoms in total. The van der Waals surface area contributed by atoms with Crippen LogP contribution in [0.15, 0.2) is 42.7 Å². The maximum Gasteiger partial charge on any atom is 0.490 e. The molecule has 0 unspecified atom stereocenters. The van der Waals surface area contributed by atoms with E-state index in [-0.39, 0.29) is 5.91 Å². The molecular weight excluding hydrogens is 401 g/mol. The second-order valence-electron chi connectivity index (χ2n) is 7.55. The number of aromatic nitrogens is 2. The average molecular weight is 424 g/mol. The first kappa shape index (κ1) is 21.8. The number of amides is 1. The average Bonchev–Trinajstić information content (AvgIpc) is 3.36. The van der Waals surface area contributed by atoms with Gasteiger partial charge in [0.25, 0.3) is 5.91 Å². The third kappa shape index (κ3) is 5.18. The molecule has 0 radical (unpaired) electrons. The first-order chi connectivity index (χ1) is 14.1. The summed E-state index contributed by atoms with van der Waals surface area (Å²) >= 11 is 0. The highest BCUT2D eigenvalue weighted by molar-refractivity contribution is 5.93. The number of carbonyl (C=O) groups excluding carboxylic acids is 1. The number of nitrogens with zero attached hydrogens (tertiary/aromatic N) is 4. The van der Waals surface area contributed by atoms with E-state index in [4.69, 9.17) is 9.90 Å². The number of halogens is 3. The van der Waals surface area contributed by atoms with E-state index in [1.54, 1.807) is 0 Å². The van der Waals surface area contributed by atoms with Gasteiger partial charge < -0.3 is 14.6 Å². The Bertz CT molecular complexity index is 871. The third-order valence-electron chi connectivity index (χ3n) is 5.37. The largest absolute Gasteiger partial charge is 0.490 e. The van der Waals surface area contributed by atoms with Gasteiger partial charge in [0.2, 0.25) is 0 Å². The molecule has 0 aromatic carbocycles. The molecule has 0 spiro atoms. The Kier molecular flexibility index (Phi) is 6.45. The Morgan fingerprint density at radius 3 is 2.20 bits per heavy atom. The number of pyridine rings is 1. The highest BCUT2D eigenvalue weighted by atomic mass is 19.4. The maximum atomic E-state index is 12.6. The Morgan fingerprint density at radius 1 is 1.10 bits per heavy atom. The maximum absolute atomic E-state index is 12.6. The van der Waals surface area contributed by atoms with E-state index in [1.165, 1.54) is 0 Å². The van der Waals surface area contributed by atoms with Crippen LogP contribution in [0.5, 0.6) is 0 Å². The topological polar surface area (TPSA) is 78.7 Å². The van der Waals surface area contributed by atoms with Crippen molar-refractivity contribution in [2.24, 2.45) is 18.9 Å². The van der Waals surface area contributed by atoms with Crippen molar-refractivity contribution in [3.05, 3.63) is 54.1 Å². The van der Waals surface area contributed by atoms with Gasteiger partial charge in [0.1, 0.15) is 5.69 Å². The molecular formula is C20H23F3N4O3. The Hall–Kier alpha value is -2.88. The lowest BCUT2D eigenvalue weighted by Crippen LogP contribution is -2.34. The van der Waals surface area contributed by atoms with E-state index in [1.807, 2.05) is 53.2 Å². The fourth-order valence-corrected chi connectivity index (χ4v) is 3.95. The lowest BCUT2D eigenvalue weighted by Gasteiger charge is -2.21. The van der Waals surface area contributed by atoms with Crippen LogP contribution < -0.4 is 0 Å². The fourth-order valence-electron chi connectivity index (χ4n) is 3.95. The van der Waals surface area contributed by atoms with Crippen LogP contribution in [0.1, 0.15) is 16.2 Å². The summed E-state index contributed by atoms with van der Waals surface area (Å²) in [6.45, 7) is 4.82. The lowest BCUT2D eigenvalue weighted by molar-refractivity contribution is -0.192. The summed E-state index contributed by atoms with van der Waals surface area (Å²) in [5.41, 5.74) is 1.92. The van der Waals surface area contributed by atoms with Crippen molar-refractivity contribution in [1.82, 2.24) is 19.4 Å². The Balaban J connectivity index is 0.000000318. The molecule has 1 amide bonds. The van der Waals surface area contributed by atoms with E-state index in [0.717, 1.165) is 44.1 Å². The molecule has 2 saturated heterocycles. The van der Waals surface area contributed by atoms with Crippen molar-refractivity contribution < 1.29 is 27.9 Å². The summed E-state index contributed by atoms with van der Waals surface area (Å²) in [6.07, 6.45) is -1.30. The van der Waals surface area contributed by atoms with Crippen LogP contribution in [0, 0.1) is 11.8 Å². The third-order valence-corrected chi connectivity index (χ3v) is 5.37. The molecule has 0 aliphatic carbocycles. The summed E-state index contributed by atoms with van der Waals surface area (Å²) in [5, 5.41) is 7.12. The van der Waals surface area contributed by atoms with Crippen LogP contribution in [0.2, 0.25) is 0 Å². The van der Waals surface area contributed by atoms with Crippen molar-refractivity contribution in [3.63, 3.8) is 0 Å². The number of hydrogen-bond donors (Lipinski definition) is 1. The molecule has 2 atom stereocenters. The summed E-state index contributed by atoms with van der Waals surface area (Å²) in [5.74, 6) is -1.39. The van der Waals surface area contributed by atoms with Gasteiger partial charge in [-0.2, -0.15) is 13.2 Å². The quantitative estimate of drug-likeness (QED) is 0.818. The molecule has 4 rings (SSSR count). The van der Waals surface area contributed by atoms with Gasteiger partial charge in [-0.25, -0.2) is 4.79 Å². The van der Waals surface area contributed by atoms with Gasteiger partial charge in [-0.05, 0) is 36.1 Å². The molecule has 0 saturated carbocycles. The molecule has 162 valence electrons. The van der Waals surface area contributed by atoms with Gasteiger partial charge in [0, 0.05) is 52.2 Å². The summed E-state index contributed by atoms with van der Waals surface area (Å²) in [4.78, 5) is 30.4. The second-order valence-corrected chi connectivity index (χ2v) is 7.55. The van der Waals surface area contributed by atoms with Crippen LogP contribution in [-0.4, -0.2) is 68.7 Å². The fraction of sp³-hybridized carbons (Fsp3) is 0.450. The van der Waals surface area contributed by atoms with E-state index in [0.29, 0.717) is 11.8 Å². The Morgan fingerprint density at radius 2 is 1.73 bits per heavy atom. The van der Waals surface area contributed by atoms with Crippen molar-refractivity contribution >= 4 is 11.9 Å². The predicted octanol–water partition coefficient (Wildman–Crippen LogP) is 2.26. The number of likely N-dealkylation sites (tertiary alicyclic amines) is 2. The normalized spacial score (nSPS) is 21.1. The molecule has 4 heterocycles. The van der Waals surface area contributed by atoms with Gasteiger partial charge >= 0.3 is 12.1 Å². The van der Waals surface area contributed by atoms with Crippen LogP contribution in [0.25, 0.3) is 0 Å². The number of rotatable bonds is 3. The SMILES string of the molecule is Cn1cccc1C(=O)N1C[C@H]2CN(Cc3ccccn3)C[C@H]2C1.O=C(O)C(F)(F)F. The standard InChI is InChI=1S/C18H22N4O.C2HF3O2/c1-20-8-4-6-17(20)18(23)22-11-14-9-21(10-15(14)12-22)13-16-5-2-3-7-19-16;3-2(4,5)1(6)7/h2-8,14-15H,9-13H2,1H3;(H,6,7)/t14-,15+;. The zero-order valence-corrected chi connectivity index (χ0v) is 16.4. The first-order valence-electron chi connectivity index (χ1n) is 9.48. The highest BCUT2D eigenvalue weighted by Crippen LogP contribution is 2.32. The molecule has 1 N–H and O–H groups in total. The van der Waals surface area contributed by atoms with Crippen molar-refractivity contribution in [3.8, 4) is 0 Å². The molecule has 30 heavy (non-hydrogen) atoms. The Labute approximate surface area is 171 Å². The number of hydrogen-bond acceptors (Lipinski definition) is 4. The van der Waals surface area contributed by atoms with Crippen molar-refractivity contribution in [1.29, 1.82) is 0 Å². The van der Waals surface area contributed by atoms with Crippen molar-refractivity contribution in [2.45, 2.75) is 12.7 Å². The van der Waals surface area contributed by atoms with Gasteiger partial charge in [0.05, 0.1) is 5.69 Å². The summed E-state index contributed by atoms with van der Waals surface area (Å²) < 4.78 is 33.6. The lowest BCUT2D eigenvalue weighted by atomic mass is 10.0. The van der Waals surface area contributed by atoms with Crippen LogP contribution >= 0.6 is 0 Å². The van der Waals surface area contributed by atoms with Gasteiger partial charge in [0.15, 0.2) is 0 Å². The van der Waals surface area contributed by atoms with E-state index < -0.39 is 12.1 Å². The molecule has 2 aromatic rings. The van der Waals surface area contributed by atoms with E-state index in [9.17, 15) is 18.0 Å². The molecule has 0 bridgehead atoms. The minimum atomic E-state index is -5.08. The number of carboxylic acids is 1. The number of aryl methyl sites for hydroxylation is 1. The molecule has 2 aromatic heterocycles. The minimum absolute atomic E-state index is 0.170. The number of fused-ring (bicyclic) bond motifs is 1. The predicted molar refractivity (Wildman–Crippen MR) is 102 cm³/mol. The van der Waals surface area contributed by atoms with Crippen LogP contribution in [0.3, 0.4) is 0 Å². The van der Waals surface area contributed by atoms with Gasteiger partial charge in [-0.15, -0.1) is 0 Å². The summed E-state index contributed by atoms with van der Waals surface area (Å²) in [6, 6.07) is 9.91. The van der Waals surface area contributed by atoms with E-state index >= 15 is 0 Å². The molecule has 2 aliphatic rings. The number of carbonyl (C=O) groups is 2. The second kappa shape index (κ2) is 8.86. The molecule has 2 fully saturated rings. The number of aliphatic carboxylic acids is 1. The van der Waals surface area contributed by atoms with E-state index in [2.05, 4.69) is 16.0 Å². The van der Waals surface area contributed by atoms with Gasteiger partial charge in [-0.3, -0.25) is 14.7 Å². The van der Waals surface area contributed by atoms with Crippen molar-refractivity contribution in [2.75, 3.05) is 26.2 Å². The zero-order chi connectivity index (χ0) is 21.9. The number of alkyl halides is 3. The monoisotopic (exact) mass is 424 g/mol. The zero-order valence-electron chi connectivity index (χ0n) is 16.4. The smallest absolute Gasteiger partial charge is 0.475 e. The number of carboxylic acid groups (broad SMARTS) is 1. The first-order valence-corrected chi connectivity index (χ1v) is 9.48.